The highest BCUT2D eigenvalue weighted by Crippen LogP contribution is 2.22. The van der Waals surface area contributed by atoms with Crippen molar-refractivity contribution in [2.75, 3.05) is 5.32 Å². The lowest BCUT2D eigenvalue weighted by Crippen LogP contribution is -2.13. The molecule has 0 fully saturated rings. The highest BCUT2D eigenvalue weighted by atomic mass is 35.5. The van der Waals surface area contributed by atoms with Gasteiger partial charge in [-0.15, -0.1) is 0 Å². The van der Waals surface area contributed by atoms with Gasteiger partial charge in [0.2, 0.25) is 0 Å². The van der Waals surface area contributed by atoms with Crippen molar-refractivity contribution in [1.82, 2.24) is 0 Å². The van der Waals surface area contributed by atoms with Gasteiger partial charge in [0, 0.05) is 10.7 Å². The van der Waals surface area contributed by atoms with Crippen molar-refractivity contribution < 1.29 is 14.3 Å². The number of hydrogen-bond acceptors (Lipinski definition) is 4. The van der Waals surface area contributed by atoms with E-state index in [1.165, 1.54) is 6.08 Å². The largest absolute Gasteiger partial charge is 0.423 e. The van der Waals surface area contributed by atoms with Gasteiger partial charge in [-0.05, 0) is 64.9 Å². The Morgan fingerprint density at radius 1 is 0.879 bits per heavy atom. The Balaban J connectivity index is 1.47. The van der Waals surface area contributed by atoms with Crippen LogP contribution in [0, 0.1) is 11.3 Å². The van der Waals surface area contributed by atoms with E-state index in [4.69, 9.17) is 16.3 Å². The van der Waals surface area contributed by atoms with Crippen LogP contribution in [0.25, 0.3) is 16.8 Å². The van der Waals surface area contributed by atoms with E-state index in [0.717, 1.165) is 10.8 Å². The molecule has 4 aromatic carbocycles. The SMILES string of the molecule is N#C/C(=C\c1ccc(OC(=O)c2cccc3ccccc23)cc1)C(=O)Nc1ccc(Cl)cc1. The number of hydrogen-bond donors (Lipinski definition) is 1. The van der Waals surface area contributed by atoms with Crippen molar-refractivity contribution >= 4 is 46.0 Å². The Labute approximate surface area is 195 Å². The van der Waals surface area contributed by atoms with E-state index in [1.807, 2.05) is 42.5 Å². The molecule has 0 spiro atoms. The maximum absolute atomic E-state index is 12.7. The highest BCUT2D eigenvalue weighted by molar-refractivity contribution is 6.30. The first-order chi connectivity index (χ1) is 16.0. The number of anilines is 1. The molecule has 0 aliphatic carbocycles. The summed E-state index contributed by atoms with van der Waals surface area (Å²) in [7, 11) is 0. The van der Waals surface area contributed by atoms with Gasteiger partial charge in [-0.1, -0.05) is 60.1 Å². The van der Waals surface area contributed by atoms with Gasteiger partial charge < -0.3 is 10.1 Å². The number of carbonyl (C=O) groups excluding carboxylic acids is 2. The number of benzene rings is 4. The Morgan fingerprint density at radius 2 is 1.58 bits per heavy atom. The number of halogens is 1. The minimum atomic E-state index is -0.536. The van der Waals surface area contributed by atoms with Crippen molar-refractivity contribution in [3.63, 3.8) is 0 Å². The number of nitriles is 1. The zero-order valence-electron chi connectivity index (χ0n) is 17.3. The van der Waals surface area contributed by atoms with Crippen LogP contribution in [-0.4, -0.2) is 11.9 Å². The highest BCUT2D eigenvalue weighted by Gasteiger charge is 2.13. The van der Waals surface area contributed by atoms with Crippen LogP contribution >= 0.6 is 11.6 Å². The number of carbonyl (C=O) groups is 2. The van der Waals surface area contributed by atoms with Crippen LogP contribution in [0.3, 0.4) is 0 Å². The van der Waals surface area contributed by atoms with Crippen molar-refractivity contribution in [1.29, 1.82) is 5.26 Å². The van der Waals surface area contributed by atoms with Gasteiger partial charge in [-0.2, -0.15) is 5.26 Å². The van der Waals surface area contributed by atoms with Gasteiger partial charge in [0.1, 0.15) is 17.4 Å². The molecule has 6 heteroatoms. The van der Waals surface area contributed by atoms with Crippen molar-refractivity contribution in [2.45, 2.75) is 0 Å². The first kappa shape index (κ1) is 21.8. The normalized spacial score (nSPS) is 11.0. The van der Waals surface area contributed by atoms with Crippen LogP contribution in [-0.2, 0) is 4.79 Å². The molecule has 0 bridgehead atoms. The van der Waals surface area contributed by atoms with Crippen LogP contribution in [0.1, 0.15) is 15.9 Å². The molecular formula is C27H17ClN2O3. The van der Waals surface area contributed by atoms with Crippen molar-refractivity contribution in [3.8, 4) is 11.8 Å². The third kappa shape index (κ3) is 5.27. The molecule has 5 nitrogen and oxygen atoms in total. The molecular weight excluding hydrogens is 436 g/mol. The fraction of sp³-hybridized carbons (Fsp3) is 0. The van der Waals surface area contributed by atoms with Crippen LogP contribution in [0.5, 0.6) is 5.75 Å². The lowest BCUT2D eigenvalue weighted by atomic mass is 10.0. The van der Waals surface area contributed by atoms with Gasteiger partial charge in [0.25, 0.3) is 5.91 Å². The number of nitrogens with zero attached hydrogens (tertiary/aromatic N) is 1. The van der Waals surface area contributed by atoms with E-state index in [-0.39, 0.29) is 5.57 Å². The molecule has 1 amide bonds. The fourth-order valence-corrected chi connectivity index (χ4v) is 3.37. The fourth-order valence-electron chi connectivity index (χ4n) is 3.24. The number of ether oxygens (including phenoxy) is 1. The Morgan fingerprint density at radius 3 is 2.30 bits per heavy atom. The van der Waals surface area contributed by atoms with E-state index in [0.29, 0.717) is 27.6 Å². The second-order valence-corrected chi connectivity index (χ2v) is 7.55. The number of nitrogens with one attached hydrogen (secondary N) is 1. The van der Waals surface area contributed by atoms with Gasteiger partial charge >= 0.3 is 5.97 Å². The molecule has 4 aromatic rings. The summed E-state index contributed by atoms with van der Waals surface area (Å²) in [5, 5.41) is 14.4. The molecule has 0 aromatic heterocycles. The van der Waals surface area contributed by atoms with Crippen LogP contribution in [0.15, 0.2) is 96.6 Å². The number of rotatable bonds is 5. The molecule has 0 atom stereocenters. The summed E-state index contributed by atoms with van der Waals surface area (Å²) in [5.74, 6) is -0.643. The zero-order valence-corrected chi connectivity index (χ0v) is 18.0. The summed E-state index contributed by atoms with van der Waals surface area (Å²) < 4.78 is 5.52. The summed E-state index contributed by atoms with van der Waals surface area (Å²) in [5.41, 5.74) is 1.55. The predicted octanol–water partition coefficient (Wildman–Crippen LogP) is 6.26. The summed E-state index contributed by atoms with van der Waals surface area (Å²) in [6.07, 6.45) is 1.46. The molecule has 0 saturated heterocycles. The monoisotopic (exact) mass is 452 g/mol. The summed E-state index contributed by atoms with van der Waals surface area (Å²) in [6, 6.07) is 28.1. The maximum atomic E-state index is 12.7. The number of fused-ring (bicyclic) bond motifs is 1. The number of amides is 1. The summed E-state index contributed by atoms with van der Waals surface area (Å²) >= 11 is 5.84. The average molecular weight is 453 g/mol. The van der Waals surface area contributed by atoms with Crippen LogP contribution in [0.4, 0.5) is 5.69 Å². The third-order valence-corrected chi connectivity index (χ3v) is 5.13. The standard InChI is InChI=1S/C27H17ClN2O3/c28-21-10-12-22(13-11-21)30-26(31)20(17-29)16-18-8-14-23(15-9-18)33-27(32)25-7-3-5-19-4-1-2-6-24(19)25/h1-16H,(H,30,31)/b20-16+. The van der Waals surface area contributed by atoms with Gasteiger partial charge in [0.15, 0.2) is 0 Å². The van der Waals surface area contributed by atoms with E-state index in [9.17, 15) is 14.9 Å². The molecule has 0 heterocycles. The lowest BCUT2D eigenvalue weighted by molar-refractivity contribution is -0.112. The molecule has 1 N–H and O–H groups in total. The second-order valence-electron chi connectivity index (χ2n) is 7.12. The molecule has 0 saturated carbocycles. The predicted molar refractivity (Wildman–Crippen MR) is 129 cm³/mol. The summed E-state index contributed by atoms with van der Waals surface area (Å²) in [4.78, 5) is 25.1. The Bertz CT molecular complexity index is 1400. The smallest absolute Gasteiger partial charge is 0.344 e. The molecule has 0 radical (unpaired) electrons. The molecule has 0 aliphatic rings. The molecule has 160 valence electrons. The van der Waals surface area contributed by atoms with Crippen LogP contribution in [0.2, 0.25) is 5.02 Å². The molecule has 33 heavy (non-hydrogen) atoms. The quantitative estimate of drug-likeness (QED) is 0.168. The molecule has 0 aliphatic heterocycles. The Hall–Kier alpha value is -4.40. The minimum Gasteiger partial charge on any atom is -0.423 e. The van der Waals surface area contributed by atoms with Gasteiger partial charge in [-0.25, -0.2) is 4.79 Å². The lowest BCUT2D eigenvalue weighted by Gasteiger charge is -2.08. The average Bonchev–Trinajstić information content (AvgIpc) is 2.84. The molecule has 4 rings (SSSR count). The minimum absolute atomic E-state index is 0.0644. The Kier molecular flexibility index (Phi) is 6.49. The first-order valence-corrected chi connectivity index (χ1v) is 10.4. The third-order valence-electron chi connectivity index (χ3n) is 4.88. The van der Waals surface area contributed by atoms with E-state index in [1.54, 1.807) is 54.6 Å². The van der Waals surface area contributed by atoms with Crippen molar-refractivity contribution in [2.24, 2.45) is 0 Å². The van der Waals surface area contributed by atoms with Gasteiger partial charge in [-0.3, -0.25) is 4.79 Å². The number of esters is 1. The second kappa shape index (κ2) is 9.82. The topological polar surface area (TPSA) is 79.2 Å². The first-order valence-electron chi connectivity index (χ1n) is 10.0. The maximum Gasteiger partial charge on any atom is 0.344 e. The van der Waals surface area contributed by atoms with Crippen molar-refractivity contribution in [3.05, 3.63) is 113 Å². The zero-order chi connectivity index (χ0) is 23.2. The van der Waals surface area contributed by atoms with E-state index in [2.05, 4.69) is 5.32 Å². The van der Waals surface area contributed by atoms with Gasteiger partial charge in [0.05, 0.1) is 5.56 Å². The molecule has 0 unspecified atom stereocenters. The van der Waals surface area contributed by atoms with Crippen LogP contribution < -0.4 is 10.1 Å². The van der Waals surface area contributed by atoms with E-state index >= 15 is 0 Å². The summed E-state index contributed by atoms with van der Waals surface area (Å²) in [6.45, 7) is 0. The van der Waals surface area contributed by atoms with E-state index < -0.39 is 11.9 Å².